The Morgan fingerprint density at radius 3 is 2.40 bits per heavy atom. The zero-order valence-corrected chi connectivity index (χ0v) is 16.1. The van der Waals surface area contributed by atoms with Gasteiger partial charge in [-0.3, -0.25) is 4.79 Å². The number of methoxy groups -OCH3 is 2. The lowest BCUT2D eigenvalue weighted by molar-refractivity contribution is -0.119. The molecular formula is C19H22ClNO3S. The Morgan fingerprint density at radius 1 is 1.12 bits per heavy atom. The van der Waals surface area contributed by atoms with Crippen LogP contribution in [0.1, 0.15) is 24.9 Å². The van der Waals surface area contributed by atoms with Crippen molar-refractivity contribution in [3.63, 3.8) is 0 Å². The summed E-state index contributed by atoms with van der Waals surface area (Å²) in [5.41, 5.74) is 0.991. The van der Waals surface area contributed by atoms with Crippen LogP contribution in [0.2, 0.25) is 5.02 Å². The van der Waals surface area contributed by atoms with Crippen LogP contribution in [0.4, 0.5) is 0 Å². The number of carbonyl (C=O) groups is 1. The fourth-order valence-electron chi connectivity index (χ4n) is 2.41. The average molecular weight is 380 g/mol. The van der Waals surface area contributed by atoms with Crippen molar-refractivity contribution in [3.8, 4) is 11.5 Å². The average Bonchev–Trinajstić information content (AvgIpc) is 2.65. The van der Waals surface area contributed by atoms with Gasteiger partial charge in [-0.1, -0.05) is 24.6 Å². The van der Waals surface area contributed by atoms with Crippen molar-refractivity contribution >= 4 is 29.3 Å². The molecule has 0 bridgehead atoms. The van der Waals surface area contributed by atoms with Gasteiger partial charge in [0.25, 0.3) is 0 Å². The Morgan fingerprint density at radius 2 is 1.80 bits per heavy atom. The second kappa shape index (κ2) is 9.59. The van der Waals surface area contributed by atoms with E-state index in [-0.39, 0.29) is 11.9 Å². The van der Waals surface area contributed by atoms with Gasteiger partial charge in [-0.05, 0) is 48.4 Å². The summed E-state index contributed by atoms with van der Waals surface area (Å²) in [5, 5.41) is 3.76. The van der Waals surface area contributed by atoms with Gasteiger partial charge < -0.3 is 14.8 Å². The number of hydrogen-bond acceptors (Lipinski definition) is 4. The molecule has 0 aromatic heterocycles. The number of rotatable bonds is 8. The number of amides is 1. The second-order valence-corrected chi connectivity index (χ2v) is 6.87. The van der Waals surface area contributed by atoms with Gasteiger partial charge in [-0.25, -0.2) is 0 Å². The first-order valence-electron chi connectivity index (χ1n) is 7.97. The summed E-state index contributed by atoms with van der Waals surface area (Å²) in [4.78, 5) is 13.3. The van der Waals surface area contributed by atoms with E-state index in [4.69, 9.17) is 21.1 Å². The number of halogens is 1. The van der Waals surface area contributed by atoms with Gasteiger partial charge in [0.2, 0.25) is 5.91 Å². The van der Waals surface area contributed by atoms with Crippen LogP contribution in [0.5, 0.6) is 11.5 Å². The van der Waals surface area contributed by atoms with E-state index in [1.165, 1.54) is 11.8 Å². The van der Waals surface area contributed by atoms with Crippen LogP contribution >= 0.6 is 23.4 Å². The van der Waals surface area contributed by atoms with E-state index in [1.54, 1.807) is 14.2 Å². The van der Waals surface area contributed by atoms with Gasteiger partial charge >= 0.3 is 0 Å². The third-order valence-electron chi connectivity index (χ3n) is 3.74. The van der Waals surface area contributed by atoms with Gasteiger partial charge in [0.05, 0.1) is 26.0 Å². The molecule has 2 aromatic carbocycles. The highest BCUT2D eigenvalue weighted by Crippen LogP contribution is 2.31. The Kier molecular flexibility index (Phi) is 7.47. The molecule has 0 aliphatic heterocycles. The molecule has 1 N–H and O–H groups in total. The summed E-state index contributed by atoms with van der Waals surface area (Å²) in [5.74, 6) is 1.67. The third kappa shape index (κ3) is 5.58. The first-order chi connectivity index (χ1) is 12.1. The largest absolute Gasteiger partial charge is 0.493 e. The first kappa shape index (κ1) is 19.5. The molecule has 0 radical (unpaired) electrons. The van der Waals surface area contributed by atoms with Gasteiger partial charge in [0.15, 0.2) is 11.5 Å². The van der Waals surface area contributed by atoms with Crippen LogP contribution in [0.15, 0.2) is 47.4 Å². The minimum absolute atomic E-state index is 0.0124. The van der Waals surface area contributed by atoms with Gasteiger partial charge in [0.1, 0.15) is 0 Å². The molecule has 134 valence electrons. The van der Waals surface area contributed by atoms with E-state index >= 15 is 0 Å². The van der Waals surface area contributed by atoms with E-state index < -0.39 is 0 Å². The molecule has 1 amide bonds. The standard InChI is InChI=1S/C19H22ClNO3S/c1-4-16(13-5-10-17(23-2)18(11-13)24-3)21-19(22)12-25-15-8-6-14(20)7-9-15/h5-11,16H,4,12H2,1-3H3,(H,21,22)/t16-/m0/s1. The normalized spacial score (nSPS) is 11.7. The van der Waals surface area contributed by atoms with Crippen LogP contribution in [0.25, 0.3) is 0 Å². The van der Waals surface area contributed by atoms with Gasteiger partial charge in [-0.15, -0.1) is 11.8 Å². The van der Waals surface area contributed by atoms with Crippen LogP contribution in [0.3, 0.4) is 0 Å². The minimum Gasteiger partial charge on any atom is -0.493 e. The van der Waals surface area contributed by atoms with Crippen LogP contribution in [0, 0.1) is 0 Å². The SMILES string of the molecule is CC[C@H](NC(=O)CSc1ccc(Cl)cc1)c1ccc(OC)c(OC)c1. The predicted octanol–water partition coefficient (Wildman–Crippen LogP) is 4.72. The minimum atomic E-state index is -0.0712. The van der Waals surface area contributed by atoms with Crippen molar-refractivity contribution in [1.29, 1.82) is 0 Å². The highest BCUT2D eigenvalue weighted by Gasteiger charge is 2.15. The quantitative estimate of drug-likeness (QED) is 0.674. The molecule has 1 atom stereocenters. The van der Waals surface area contributed by atoms with Crippen molar-refractivity contribution in [2.24, 2.45) is 0 Å². The van der Waals surface area contributed by atoms with E-state index in [9.17, 15) is 4.79 Å². The molecule has 25 heavy (non-hydrogen) atoms. The van der Waals surface area contributed by atoms with Gasteiger partial charge in [0, 0.05) is 9.92 Å². The number of carbonyl (C=O) groups excluding carboxylic acids is 1. The molecule has 0 fully saturated rings. The fourth-order valence-corrected chi connectivity index (χ4v) is 3.24. The predicted molar refractivity (Wildman–Crippen MR) is 103 cm³/mol. The maximum Gasteiger partial charge on any atom is 0.230 e. The lowest BCUT2D eigenvalue weighted by atomic mass is 10.0. The van der Waals surface area contributed by atoms with E-state index in [1.807, 2.05) is 49.4 Å². The number of nitrogens with one attached hydrogen (secondary N) is 1. The van der Waals surface area contributed by atoms with E-state index in [0.29, 0.717) is 22.3 Å². The number of thioether (sulfide) groups is 1. The number of hydrogen-bond donors (Lipinski definition) is 1. The summed E-state index contributed by atoms with van der Waals surface area (Å²) in [6.45, 7) is 2.04. The van der Waals surface area contributed by atoms with Crippen molar-refractivity contribution < 1.29 is 14.3 Å². The summed E-state index contributed by atoms with van der Waals surface area (Å²) in [6, 6.07) is 13.1. The molecular weight excluding hydrogens is 358 g/mol. The zero-order chi connectivity index (χ0) is 18.2. The molecule has 0 heterocycles. The molecule has 0 saturated carbocycles. The molecule has 0 saturated heterocycles. The van der Waals surface area contributed by atoms with Crippen molar-refractivity contribution in [3.05, 3.63) is 53.1 Å². The topological polar surface area (TPSA) is 47.6 Å². The molecule has 4 nitrogen and oxygen atoms in total. The molecule has 2 rings (SSSR count). The highest BCUT2D eigenvalue weighted by molar-refractivity contribution is 8.00. The molecule has 0 unspecified atom stereocenters. The van der Waals surface area contributed by atoms with Crippen LogP contribution in [-0.4, -0.2) is 25.9 Å². The highest BCUT2D eigenvalue weighted by atomic mass is 35.5. The van der Waals surface area contributed by atoms with Crippen molar-refractivity contribution in [1.82, 2.24) is 5.32 Å². The lowest BCUT2D eigenvalue weighted by Crippen LogP contribution is -2.29. The molecule has 0 aliphatic carbocycles. The molecule has 0 aliphatic rings. The maximum absolute atomic E-state index is 12.3. The van der Waals surface area contributed by atoms with Crippen molar-refractivity contribution in [2.45, 2.75) is 24.3 Å². The first-order valence-corrected chi connectivity index (χ1v) is 9.33. The summed E-state index contributed by atoms with van der Waals surface area (Å²) in [7, 11) is 3.20. The zero-order valence-electron chi connectivity index (χ0n) is 14.5. The molecule has 2 aromatic rings. The fraction of sp³-hybridized carbons (Fsp3) is 0.316. The van der Waals surface area contributed by atoms with Gasteiger partial charge in [-0.2, -0.15) is 0 Å². The number of benzene rings is 2. The molecule has 0 spiro atoms. The number of ether oxygens (including phenoxy) is 2. The second-order valence-electron chi connectivity index (χ2n) is 5.39. The maximum atomic E-state index is 12.3. The van der Waals surface area contributed by atoms with E-state index in [2.05, 4.69) is 5.32 Å². The van der Waals surface area contributed by atoms with Crippen LogP contribution in [-0.2, 0) is 4.79 Å². The summed E-state index contributed by atoms with van der Waals surface area (Å²) < 4.78 is 10.6. The monoisotopic (exact) mass is 379 g/mol. The van der Waals surface area contributed by atoms with Crippen molar-refractivity contribution in [2.75, 3.05) is 20.0 Å². The Balaban J connectivity index is 1.98. The third-order valence-corrected chi connectivity index (χ3v) is 5.00. The summed E-state index contributed by atoms with van der Waals surface area (Å²) >= 11 is 7.35. The summed E-state index contributed by atoms with van der Waals surface area (Å²) in [6.07, 6.45) is 0.785. The Hall–Kier alpha value is -1.85. The molecule has 6 heteroatoms. The lowest BCUT2D eigenvalue weighted by Gasteiger charge is -2.19. The Labute approximate surface area is 157 Å². The smallest absolute Gasteiger partial charge is 0.230 e. The van der Waals surface area contributed by atoms with E-state index in [0.717, 1.165) is 16.9 Å². The Bertz CT molecular complexity index is 706. The van der Waals surface area contributed by atoms with Crippen LogP contribution < -0.4 is 14.8 Å².